The second kappa shape index (κ2) is 8.21. The standard InChI is InChI=1S/C22H23N3O3S/c1-14-7-8-16(11-15(14)2)18-13-29-22(23-18)24-20(26)17-5-3-9-25(12-17)21(27)19-6-4-10-28-19/h4,6-8,10-11,13,17H,3,5,9,12H2,1-2H3,(H,23,24,26). The number of aryl methyl sites for hydroxylation is 2. The number of nitrogens with zero attached hydrogens (tertiary/aromatic N) is 2. The average Bonchev–Trinajstić information content (AvgIpc) is 3.42. The highest BCUT2D eigenvalue weighted by Crippen LogP contribution is 2.27. The number of furan rings is 1. The molecule has 0 radical (unpaired) electrons. The zero-order chi connectivity index (χ0) is 20.4. The van der Waals surface area contributed by atoms with Crippen molar-refractivity contribution in [3.8, 4) is 11.3 Å². The Bertz CT molecular complexity index is 1030. The smallest absolute Gasteiger partial charge is 0.289 e. The first-order valence-corrected chi connectivity index (χ1v) is 10.6. The van der Waals surface area contributed by atoms with Crippen molar-refractivity contribution in [2.24, 2.45) is 5.92 Å². The van der Waals surface area contributed by atoms with Crippen molar-refractivity contribution in [2.75, 3.05) is 18.4 Å². The molecule has 1 fully saturated rings. The van der Waals surface area contributed by atoms with Crippen molar-refractivity contribution in [2.45, 2.75) is 26.7 Å². The van der Waals surface area contributed by atoms with Gasteiger partial charge in [0.1, 0.15) is 0 Å². The van der Waals surface area contributed by atoms with Gasteiger partial charge in [-0.15, -0.1) is 11.3 Å². The molecule has 29 heavy (non-hydrogen) atoms. The molecule has 2 aromatic heterocycles. The molecule has 1 unspecified atom stereocenters. The number of anilines is 1. The van der Waals surface area contributed by atoms with Gasteiger partial charge < -0.3 is 14.6 Å². The van der Waals surface area contributed by atoms with E-state index in [-0.39, 0.29) is 17.7 Å². The summed E-state index contributed by atoms with van der Waals surface area (Å²) in [5.74, 6) is -0.206. The van der Waals surface area contributed by atoms with E-state index in [0.717, 1.165) is 24.1 Å². The Morgan fingerprint density at radius 2 is 2.10 bits per heavy atom. The Hall–Kier alpha value is -2.93. The van der Waals surface area contributed by atoms with Crippen molar-refractivity contribution in [3.63, 3.8) is 0 Å². The molecule has 1 atom stereocenters. The molecule has 7 heteroatoms. The van der Waals surface area contributed by atoms with Crippen LogP contribution in [-0.4, -0.2) is 34.8 Å². The summed E-state index contributed by atoms with van der Waals surface area (Å²) in [6.45, 7) is 5.18. The molecule has 1 saturated heterocycles. The SMILES string of the molecule is Cc1ccc(-c2csc(NC(=O)C3CCCN(C(=O)c4ccco4)C3)n2)cc1C. The molecule has 3 aromatic rings. The molecule has 0 saturated carbocycles. The van der Waals surface area contributed by atoms with Crippen LogP contribution in [0.15, 0.2) is 46.4 Å². The number of amides is 2. The lowest BCUT2D eigenvalue weighted by atomic mass is 9.97. The van der Waals surface area contributed by atoms with Gasteiger partial charge in [0.15, 0.2) is 10.9 Å². The molecule has 4 rings (SSSR count). The van der Waals surface area contributed by atoms with E-state index in [1.54, 1.807) is 17.0 Å². The van der Waals surface area contributed by atoms with Gasteiger partial charge in [-0.25, -0.2) is 4.98 Å². The van der Waals surface area contributed by atoms with Gasteiger partial charge in [0, 0.05) is 24.0 Å². The van der Waals surface area contributed by atoms with Crippen LogP contribution in [0.5, 0.6) is 0 Å². The third kappa shape index (κ3) is 4.24. The Morgan fingerprint density at radius 3 is 2.86 bits per heavy atom. The number of nitrogens with one attached hydrogen (secondary N) is 1. The van der Waals surface area contributed by atoms with Crippen molar-refractivity contribution >= 4 is 28.3 Å². The lowest BCUT2D eigenvalue weighted by Gasteiger charge is -2.31. The third-order valence-electron chi connectivity index (χ3n) is 5.35. The molecule has 0 bridgehead atoms. The van der Waals surface area contributed by atoms with Crippen LogP contribution in [0.3, 0.4) is 0 Å². The lowest BCUT2D eigenvalue weighted by Crippen LogP contribution is -2.43. The average molecular weight is 410 g/mol. The van der Waals surface area contributed by atoms with Gasteiger partial charge in [-0.05, 0) is 56.0 Å². The molecule has 2 amide bonds. The maximum Gasteiger partial charge on any atom is 0.289 e. The van der Waals surface area contributed by atoms with Crippen LogP contribution in [0.4, 0.5) is 5.13 Å². The van der Waals surface area contributed by atoms with E-state index in [2.05, 4.69) is 36.3 Å². The van der Waals surface area contributed by atoms with E-state index in [1.807, 2.05) is 11.4 Å². The quantitative estimate of drug-likeness (QED) is 0.688. The van der Waals surface area contributed by atoms with Gasteiger partial charge in [0.2, 0.25) is 5.91 Å². The Balaban J connectivity index is 1.41. The molecule has 1 aromatic carbocycles. The summed E-state index contributed by atoms with van der Waals surface area (Å²) in [7, 11) is 0. The van der Waals surface area contributed by atoms with Gasteiger partial charge in [0.05, 0.1) is 17.9 Å². The van der Waals surface area contributed by atoms with Crippen LogP contribution in [0, 0.1) is 19.8 Å². The van der Waals surface area contributed by atoms with Crippen LogP contribution in [0.25, 0.3) is 11.3 Å². The Kier molecular flexibility index (Phi) is 5.49. The van der Waals surface area contributed by atoms with Gasteiger partial charge in [-0.2, -0.15) is 0 Å². The fourth-order valence-electron chi connectivity index (χ4n) is 3.50. The molecule has 1 N–H and O–H groups in total. The number of thiazole rings is 1. The van der Waals surface area contributed by atoms with Crippen molar-refractivity contribution in [3.05, 3.63) is 58.9 Å². The van der Waals surface area contributed by atoms with Crippen molar-refractivity contribution in [1.29, 1.82) is 0 Å². The van der Waals surface area contributed by atoms with E-state index in [1.165, 1.54) is 28.7 Å². The van der Waals surface area contributed by atoms with Crippen LogP contribution in [0.2, 0.25) is 0 Å². The van der Waals surface area contributed by atoms with Gasteiger partial charge in [0.25, 0.3) is 5.91 Å². The highest BCUT2D eigenvalue weighted by molar-refractivity contribution is 7.14. The number of hydrogen-bond donors (Lipinski definition) is 1. The zero-order valence-corrected chi connectivity index (χ0v) is 17.3. The molecule has 0 spiro atoms. The van der Waals surface area contributed by atoms with Crippen LogP contribution in [0.1, 0.15) is 34.5 Å². The molecule has 6 nitrogen and oxygen atoms in total. The normalized spacial score (nSPS) is 16.6. The largest absolute Gasteiger partial charge is 0.459 e. The van der Waals surface area contributed by atoms with Gasteiger partial charge in [-0.1, -0.05) is 12.1 Å². The summed E-state index contributed by atoms with van der Waals surface area (Å²) in [6, 6.07) is 9.57. The molecule has 150 valence electrons. The summed E-state index contributed by atoms with van der Waals surface area (Å²) < 4.78 is 5.20. The van der Waals surface area contributed by atoms with E-state index in [0.29, 0.717) is 24.0 Å². The minimum Gasteiger partial charge on any atom is -0.459 e. The molecule has 0 aliphatic carbocycles. The van der Waals surface area contributed by atoms with Gasteiger partial charge in [-0.3, -0.25) is 9.59 Å². The van der Waals surface area contributed by atoms with Crippen molar-refractivity contribution in [1.82, 2.24) is 9.88 Å². The summed E-state index contributed by atoms with van der Waals surface area (Å²) in [6.07, 6.45) is 3.02. The summed E-state index contributed by atoms with van der Waals surface area (Å²) in [5, 5.41) is 5.46. The Labute approximate surface area is 173 Å². The summed E-state index contributed by atoms with van der Waals surface area (Å²) in [4.78, 5) is 31.5. The highest BCUT2D eigenvalue weighted by Gasteiger charge is 2.30. The summed E-state index contributed by atoms with van der Waals surface area (Å²) >= 11 is 1.41. The number of likely N-dealkylation sites (tertiary alicyclic amines) is 1. The number of rotatable bonds is 4. The number of carbonyl (C=O) groups is 2. The minimum atomic E-state index is -0.253. The van der Waals surface area contributed by atoms with Gasteiger partial charge >= 0.3 is 0 Å². The second-order valence-electron chi connectivity index (χ2n) is 7.39. The van der Waals surface area contributed by atoms with Crippen molar-refractivity contribution < 1.29 is 14.0 Å². The molecular weight excluding hydrogens is 386 g/mol. The molecular formula is C22H23N3O3S. The second-order valence-corrected chi connectivity index (χ2v) is 8.25. The lowest BCUT2D eigenvalue weighted by molar-refractivity contribution is -0.121. The maximum absolute atomic E-state index is 12.8. The molecule has 3 heterocycles. The fraction of sp³-hybridized carbons (Fsp3) is 0.318. The topological polar surface area (TPSA) is 75.4 Å². The first kappa shape index (κ1) is 19.4. The monoisotopic (exact) mass is 409 g/mol. The number of piperidine rings is 1. The van der Waals surface area contributed by atoms with E-state index in [9.17, 15) is 9.59 Å². The van der Waals surface area contributed by atoms with Crippen LogP contribution < -0.4 is 5.32 Å². The molecule has 1 aliphatic rings. The number of carbonyl (C=O) groups excluding carboxylic acids is 2. The molecule has 1 aliphatic heterocycles. The minimum absolute atomic E-state index is 0.0945. The first-order valence-electron chi connectivity index (χ1n) is 9.68. The number of aromatic nitrogens is 1. The van der Waals surface area contributed by atoms with Crippen LogP contribution >= 0.6 is 11.3 Å². The predicted molar refractivity (Wildman–Crippen MR) is 113 cm³/mol. The number of benzene rings is 1. The predicted octanol–water partition coefficient (Wildman–Crippen LogP) is 4.51. The highest BCUT2D eigenvalue weighted by atomic mass is 32.1. The summed E-state index contributed by atoms with van der Waals surface area (Å²) in [5.41, 5.74) is 4.34. The van der Waals surface area contributed by atoms with E-state index >= 15 is 0 Å². The zero-order valence-electron chi connectivity index (χ0n) is 16.5. The first-order chi connectivity index (χ1) is 14.0. The fourth-order valence-corrected chi connectivity index (χ4v) is 4.23. The van der Waals surface area contributed by atoms with Crippen LogP contribution in [-0.2, 0) is 4.79 Å². The third-order valence-corrected chi connectivity index (χ3v) is 6.11. The van der Waals surface area contributed by atoms with E-state index < -0.39 is 0 Å². The number of hydrogen-bond acceptors (Lipinski definition) is 5. The Morgan fingerprint density at radius 1 is 1.24 bits per heavy atom. The maximum atomic E-state index is 12.8. The van der Waals surface area contributed by atoms with E-state index in [4.69, 9.17) is 4.42 Å².